The topological polar surface area (TPSA) is 110 Å². The number of para-hydroxylation sites is 1. The summed E-state index contributed by atoms with van der Waals surface area (Å²) in [5, 5.41) is 11.4. The Bertz CT molecular complexity index is 1650. The van der Waals surface area contributed by atoms with Gasteiger partial charge in [-0.3, -0.25) is 4.79 Å². The monoisotopic (exact) mass is 782 g/mol. The van der Waals surface area contributed by atoms with Gasteiger partial charge < -0.3 is 24.8 Å². The van der Waals surface area contributed by atoms with Gasteiger partial charge in [-0.15, -0.1) is 0 Å². The van der Waals surface area contributed by atoms with E-state index in [1.807, 2.05) is 12.1 Å². The molecular weight excluding hydrogens is 759 g/mol. The molecule has 1 aliphatic heterocycles. The number of halogens is 4. The molecule has 0 aromatic heterocycles. The number of nitrogens with zero attached hydrogens (tertiary/aromatic N) is 1. The molecule has 1 amide bonds. The molecule has 3 N–H and O–H groups in total. The van der Waals surface area contributed by atoms with Crippen molar-refractivity contribution >= 4 is 90.5 Å². The van der Waals surface area contributed by atoms with Crippen LogP contribution >= 0.6 is 67.3 Å². The second-order valence-corrected chi connectivity index (χ2v) is 12.2. The van der Waals surface area contributed by atoms with Gasteiger partial charge in [0.25, 0.3) is 5.91 Å². The molecule has 0 saturated carbocycles. The molecule has 4 rings (SSSR count). The zero-order valence-corrected chi connectivity index (χ0v) is 28.9. The summed E-state index contributed by atoms with van der Waals surface area (Å²) in [4.78, 5) is 25.5. The largest absolute Gasteiger partial charge is 0.487 e. The highest BCUT2D eigenvalue weighted by atomic mass is 79.9. The van der Waals surface area contributed by atoms with Crippen LogP contribution in [0.15, 0.2) is 79.9 Å². The summed E-state index contributed by atoms with van der Waals surface area (Å²) in [6.45, 7) is 3.57. The Morgan fingerprint density at radius 3 is 2.61 bits per heavy atom. The molecule has 3 aromatic carbocycles. The standard InChI is InChI=1S/C30H26Br2Cl2N4O5S/c1-3-41-29(40)26-16(2)36-30(44)37-27(26)20-6-4-5-7-24(20)42-15-25(39)38-35-13-18-11-19(31)12-21(32)28(18)43-14-17-8-9-22(33)23(34)10-17/h4-13,27H,3,14-15H2,1-2H3,(H,38,39)(H2,36,37,44)/t27-/m0/s1. The molecule has 0 radical (unpaired) electrons. The van der Waals surface area contributed by atoms with Crippen LogP contribution in [0.4, 0.5) is 0 Å². The Balaban J connectivity index is 1.44. The molecule has 0 bridgehead atoms. The minimum Gasteiger partial charge on any atom is -0.487 e. The van der Waals surface area contributed by atoms with Crippen LogP contribution in [0, 0.1) is 0 Å². The third kappa shape index (κ3) is 8.72. The Kier molecular flexibility index (Phi) is 12.0. The van der Waals surface area contributed by atoms with Gasteiger partial charge in [0.15, 0.2) is 11.7 Å². The summed E-state index contributed by atoms with van der Waals surface area (Å²) in [5.41, 5.74) is 5.43. The molecule has 14 heteroatoms. The van der Waals surface area contributed by atoms with Gasteiger partial charge in [0.1, 0.15) is 18.1 Å². The van der Waals surface area contributed by atoms with Gasteiger partial charge in [-0.05, 0) is 77.9 Å². The molecule has 230 valence electrons. The van der Waals surface area contributed by atoms with Crippen molar-refractivity contribution < 1.29 is 23.8 Å². The second kappa shape index (κ2) is 15.7. The van der Waals surface area contributed by atoms with Gasteiger partial charge in [-0.25, -0.2) is 10.2 Å². The molecule has 0 saturated heterocycles. The third-order valence-electron chi connectivity index (χ3n) is 6.15. The van der Waals surface area contributed by atoms with Crippen LogP contribution in [-0.4, -0.2) is 36.4 Å². The average molecular weight is 785 g/mol. The maximum absolute atomic E-state index is 12.8. The molecule has 1 heterocycles. The fourth-order valence-electron chi connectivity index (χ4n) is 4.22. The van der Waals surface area contributed by atoms with Crippen molar-refractivity contribution in [1.29, 1.82) is 0 Å². The maximum atomic E-state index is 12.8. The number of thiocarbonyl (C=S) groups is 1. The third-order valence-corrected chi connectivity index (χ3v) is 8.16. The van der Waals surface area contributed by atoms with Crippen molar-refractivity contribution in [3.63, 3.8) is 0 Å². The SMILES string of the molecule is CCOC(=O)C1=C(C)NC(=S)N[C@H]1c1ccccc1OCC(=O)NN=Cc1cc(Br)cc(Br)c1OCc1ccc(Cl)c(Cl)c1. The van der Waals surface area contributed by atoms with E-state index in [1.54, 1.807) is 56.3 Å². The predicted octanol–water partition coefficient (Wildman–Crippen LogP) is 6.98. The Labute approximate surface area is 286 Å². The van der Waals surface area contributed by atoms with E-state index in [1.165, 1.54) is 6.21 Å². The lowest BCUT2D eigenvalue weighted by Gasteiger charge is -2.30. The second-order valence-electron chi connectivity index (χ2n) is 9.25. The van der Waals surface area contributed by atoms with E-state index in [-0.39, 0.29) is 19.8 Å². The van der Waals surface area contributed by atoms with Crippen molar-refractivity contribution in [2.75, 3.05) is 13.2 Å². The number of hydrogen-bond donors (Lipinski definition) is 3. The molecular formula is C30H26Br2Cl2N4O5S. The fourth-order valence-corrected chi connectivity index (χ4v) is 6.18. The molecule has 0 unspecified atom stereocenters. The first kappa shape index (κ1) is 33.7. The Morgan fingerprint density at radius 2 is 1.86 bits per heavy atom. The first-order valence-electron chi connectivity index (χ1n) is 13.1. The lowest BCUT2D eigenvalue weighted by atomic mass is 9.95. The summed E-state index contributed by atoms with van der Waals surface area (Å²) in [6, 6.07) is 15.3. The van der Waals surface area contributed by atoms with E-state index < -0.39 is 17.9 Å². The van der Waals surface area contributed by atoms with Crippen molar-refractivity contribution in [3.05, 3.63) is 102 Å². The number of amides is 1. The minimum absolute atomic E-state index is 0.216. The minimum atomic E-state index is -0.641. The van der Waals surface area contributed by atoms with Gasteiger partial charge in [0.2, 0.25) is 0 Å². The zero-order valence-electron chi connectivity index (χ0n) is 23.4. The fraction of sp³-hybridized carbons (Fsp3) is 0.200. The molecule has 1 aliphatic rings. The number of benzene rings is 3. The highest BCUT2D eigenvalue weighted by Gasteiger charge is 2.32. The van der Waals surface area contributed by atoms with Gasteiger partial charge in [0, 0.05) is 21.3 Å². The van der Waals surface area contributed by atoms with Crippen LogP contribution in [0.5, 0.6) is 11.5 Å². The number of rotatable bonds is 11. The summed E-state index contributed by atoms with van der Waals surface area (Å²) < 4.78 is 18.6. The number of ether oxygens (including phenoxy) is 3. The van der Waals surface area contributed by atoms with E-state index >= 15 is 0 Å². The van der Waals surface area contributed by atoms with Crippen molar-refractivity contribution in [3.8, 4) is 11.5 Å². The number of allylic oxidation sites excluding steroid dienone is 1. The molecule has 3 aromatic rings. The molecule has 1 atom stereocenters. The normalized spacial score (nSPS) is 14.6. The quantitative estimate of drug-likeness (QED) is 0.0828. The van der Waals surface area contributed by atoms with E-state index in [9.17, 15) is 9.59 Å². The van der Waals surface area contributed by atoms with Crippen molar-refractivity contribution in [2.45, 2.75) is 26.5 Å². The molecule has 44 heavy (non-hydrogen) atoms. The van der Waals surface area contributed by atoms with Gasteiger partial charge in [-0.1, -0.05) is 63.4 Å². The number of esters is 1. The van der Waals surface area contributed by atoms with Gasteiger partial charge in [0.05, 0.1) is 39.0 Å². The molecule has 9 nitrogen and oxygen atoms in total. The van der Waals surface area contributed by atoms with Gasteiger partial charge >= 0.3 is 5.97 Å². The average Bonchev–Trinajstić information content (AvgIpc) is 2.97. The van der Waals surface area contributed by atoms with E-state index in [0.29, 0.717) is 53.5 Å². The molecule has 0 aliphatic carbocycles. The first-order chi connectivity index (χ1) is 21.1. The van der Waals surface area contributed by atoms with Crippen LogP contribution in [0.25, 0.3) is 0 Å². The zero-order chi connectivity index (χ0) is 31.8. The summed E-state index contributed by atoms with van der Waals surface area (Å²) in [5.74, 6) is -0.0960. The summed E-state index contributed by atoms with van der Waals surface area (Å²) >= 11 is 24.4. The predicted molar refractivity (Wildman–Crippen MR) is 181 cm³/mol. The smallest absolute Gasteiger partial charge is 0.338 e. The Morgan fingerprint density at radius 1 is 1.09 bits per heavy atom. The maximum Gasteiger partial charge on any atom is 0.338 e. The van der Waals surface area contributed by atoms with Crippen LogP contribution in [-0.2, 0) is 20.9 Å². The van der Waals surface area contributed by atoms with E-state index in [2.05, 4.69) is 53.0 Å². The van der Waals surface area contributed by atoms with Crippen LogP contribution in [0.2, 0.25) is 10.0 Å². The highest BCUT2D eigenvalue weighted by Crippen LogP contribution is 2.35. The first-order valence-corrected chi connectivity index (χ1v) is 15.9. The molecule has 0 fully saturated rings. The summed E-state index contributed by atoms with van der Waals surface area (Å²) in [6.07, 6.45) is 1.46. The van der Waals surface area contributed by atoms with Crippen LogP contribution in [0.1, 0.15) is 36.6 Å². The number of carbonyl (C=O) groups is 2. The Hall–Kier alpha value is -3.16. The van der Waals surface area contributed by atoms with Crippen molar-refractivity contribution in [1.82, 2.24) is 16.1 Å². The molecule has 0 spiro atoms. The number of carbonyl (C=O) groups excluding carboxylic acids is 2. The number of hydrogen-bond acceptors (Lipinski definition) is 7. The van der Waals surface area contributed by atoms with E-state index in [0.717, 1.165) is 10.0 Å². The highest BCUT2D eigenvalue weighted by molar-refractivity contribution is 9.11. The van der Waals surface area contributed by atoms with Gasteiger partial charge in [-0.2, -0.15) is 5.10 Å². The lowest BCUT2D eigenvalue weighted by molar-refractivity contribution is -0.139. The van der Waals surface area contributed by atoms with Crippen LogP contribution < -0.4 is 25.5 Å². The lowest BCUT2D eigenvalue weighted by Crippen LogP contribution is -2.45. The number of nitrogens with one attached hydrogen (secondary N) is 3. The van der Waals surface area contributed by atoms with Crippen LogP contribution in [0.3, 0.4) is 0 Å². The van der Waals surface area contributed by atoms with E-state index in [4.69, 9.17) is 49.6 Å². The summed E-state index contributed by atoms with van der Waals surface area (Å²) in [7, 11) is 0. The number of hydrazone groups is 1. The van der Waals surface area contributed by atoms with Crippen molar-refractivity contribution in [2.24, 2.45) is 5.10 Å².